The Morgan fingerprint density at radius 1 is 1.07 bits per heavy atom. The van der Waals surface area contributed by atoms with E-state index in [2.05, 4.69) is 16.0 Å². The Hall–Kier alpha value is -3.15. The minimum Gasteiger partial charge on any atom is -0.378 e. The first kappa shape index (κ1) is 19.2. The summed E-state index contributed by atoms with van der Waals surface area (Å²) in [5.74, 6) is -0.355. The van der Waals surface area contributed by atoms with Gasteiger partial charge >= 0.3 is 0 Å². The molecule has 2 N–H and O–H groups in total. The molecule has 0 fully saturated rings. The van der Waals surface area contributed by atoms with Crippen molar-refractivity contribution in [2.24, 2.45) is 0 Å². The maximum absolute atomic E-state index is 12.1. The monoisotopic (exact) mass is 405 g/mol. The summed E-state index contributed by atoms with van der Waals surface area (Å²) in [7, 11) is 3.24. The molecule has 2 aromatic heterocycles. The van der Waals surface area contributed by atoms with Crippen molar-refractivity contribution in [1.82, 2.24) is 14.9 Å². The lowest BCUT2D eigenvalue weighted by Crippen LogP contribution is -2.28. The number of hydrogen-bond acceptors (Lipinski definition) is 3. The number of fused-ring (bicyclic) bond motifs is 1. The van der Waals surface area contributed by atoms with Crippen molar-refractivity contribution in [3.05, 3.63) is 77.6 Å². The van der Waals surface area contributed by atoms with Gasteiger partial charge in [-0.05, 0) is 41.0 Å². The third-order valence-corrected chi connectivity index (χ3v) is 5.15. The molecule has 4 aromatic rings. The quantitative estimate of drug-likeness (QED) is 0.518. The van der Waals surface area contributed by atoms with Crippen LogP contribution in [0.25, 0.3) is 33.3 Å². The summed E-state index contributed by atoms with van der Waals surface area (Å²) in [6.45, 7) is 0. The molecule has 2 aromatic carbocycles. The zero-order chi connectivity index (χ0) is 20.5. The zero-order valence-corrected chi connectivity index (χ0v) is 16.8. The topological polar surface area (TPSA) is 69.2 Å². The predicted octanol–water partition coefficient (Wildman–Crippen LogP) is 4.67. The third kappa shape index (κ3) is 3.75. The standard InChI is InChI=1S/C23H20ClN3O2/c1-27(2)23(29)21(28)16-5-3-4-15(10-16)17-11-19-20(13-26-22(19)25-12-17)14-6-8-18(24)9-7-14/h3-13,21,28H,1-2H3,(H,25,26). The van der Waals surface area contributed by atoms with Crippen LogP contribution in [-0.4, -0.2) is 40.0 Å². The second-order valence-electron chi connectivity index (χ2n) is 7.09. The van der Waals surface area contributed by atoms with Crippen molar-refractivity contribution < 1.29 is 9.90 Å². The van der Waals surface area contributed by atoms with Gasteiger partial charge in [-0.15, -0.1) is 0 Å². The summed E-state index contributed by atoms with van der Waals surface area (Å²) < 4.78 is 0. The molecule has 4 rings (SSSR count). The molecule has 1 atom stereocenters. The molecule has 2 heterocycles. The van der Waals surface area contributed by atoms with E-state index in [-0.39, 0.29) is 5.91 Å². The van der Waals surface area contributed by atoms with E-state index in [0.29, 0.717) is 10.6 Å². The van der Waals surface area contributed by atoms with Crippen molar-refractivity contribution in [3.63, 3.8) is 0 Å². The van der Waals surface area contributed by atoms with Gasteiger partial charge in [-0.3, -0.25) is 4.79 Å². The molecule has 0 spiro atoms. The van der Waals surface area contributed by atoms with Crippen LogP contribution in [-0.2, 0) is 4.79 Å². The van der Waals surface area contributed by atoms with E-state index in [4.69, 9.17) is 11.6 Å². The minimum absolute atomic E-state index is 0.355. The van der Waals surface area contributed by atoms with Crippen LogP contribution in [0.4, 0.5) is 0 Å². The SMILES string of the molecule is CN(C)C(=O)C(O)c1cccc(-c2cnc3[nH]cc(-c4ccc(Cl)cc4)c3c2)c1. The average Bonchev–Trinajstić information content (AvgIpc) is 3.16. The number of hydrogen-bond donors (Lipinski definition) is 2. The second-order valence-corrected chi connectivity index (χ2v) is 7.53. The number of carbonyl (C=O) groups is 1. The number of aliphatic hydroxyl groups is 1. The van der Waals surface area contributed by atoms with Crippen LogP contribution in [0.1, 0.15) is 11.7 Å². The van der Waals surface area contributed by atoms with Crippen LogP contribution in [0.2, 0.25) is 5.02 Å². The first-order valence-electron chi connectivity index (χ1n) is 9.16. The van der Waals surface area contributed by atoms with Crippen LogP contribution in [0.3, 0.4) is 0 Å². The molecule has 0 aliphatic heterocycles. The number of rotatable bonds is 4. The Morgan fingerprint density at radius 3 is 2.55 bits per heavy atom. The Balaban J connectivity index is 1.75. The molecular weight excluding hydrogens is 386 g/mol. The lowest BCUT2D eigenvalue weighted by molar-refractivity contribution is -0.137. The van der Waals surface area contributed by atoms with Crippen LogP contribution in [0.15, 0.2) is 67.0 Å². The van der Waals surface area contributed by atoms with E-state index in [1.165, 1.54) is 4.90 Å². The van der Waals surface area contributed by atoms with Crippen LogP contribution < -0.4 is 0 Å². The van der Waals surface area contributed by atoms with E-state index in [0.717, 1.165) is 33.3 Å². The summed E-state index contributed by atoms with van der Waals surface area (Å²) >= 11 is 6.01. The van der Waals surface area contributed by atoms with E-state index in [1.807, 2.05) is 48.7 Å². The van der Waals surface area contributed by atoms with E-state index >= 15 is 0 Å². The van der Waals surface area contributed by atoms with Crippen molar-refractivity contribution in [3.8, 4) is 22.3 Å². The van der Waals surface area contributed by atoms with Gasteiger partial charge < -0.3 is 15.0 Å². The lowest BCUT2D eigenvalue weighted by atomic mass is 9.99. The number of nitrogens with zero attached hydrogens (tertiary/aromatic N) is 2. The van der Waals surface area contributed by atoms with Gasteiger partial charge in [-0.1, -0.05) is 41.9 Å². The Morgan fingerprint density at radius 2 is 1.83 bits per heavy atom. The highest BCUT2D eigenvalue weighted by molar-refractivity contribution is 6.30. The van der Waals surface area contributed by atoms with Gasteiger partial charge in [-0.2, -0.15) is 0 Å². The molecule has 0 radical (unpaired) electrons. The number of likely N-dealkylation sites (N-methyl/N-ethyl adjacent to an activating group) is 1. The number of halogens is 1. The minimum atomic E-state index is -1.20. The first-order chi connectivity index (χ1) is 13.9. The number of H-pyrrole nitrogens is 1. The fourth-order valence-corrected chi connectivity index (χ4v) is 3.43. The summed E-state index contributed by atoms with van der Waals surface area (Å²) in [5, 5.41) is 12.0. The highest BCUT2D eigenvalue weighted by Crippen LogP contribution is 2.32. The molecule has 29 heavy (non-hydrogen) atoms. The normalized spacial score (nSPS) is 12.1. The molecule has 6 heteroatoms. The van der Waals surface area contributed by atoms with Crippen molar-refractivity contribution in [2.45, 2.75) is 6.10 Å². The molecule has 5 nitrogen and oxygen atoms in total. The molecule has 0 aliphatic rings. The summed E-state index contributed by atoms with van der Waals surface area (Å²) in [4.78, 5) is 21.2. The molecular formula is C23H20ClN3O2. The van der Waals surface area contributed by atoms with Gasteiger partial charge in [0, 0.05) is 48.0 Å². The van der Waals surface area contributed by atoms with Gasteiger partial charge in [0.25, 0.3) is 5.91 Å². The van der Waals surface area contributed by atoms with Crippen LogP contribution in [0.5, 0.6) is 0 Å². The number of aromatic amines is 1. The van der Waals surface area contributed by atoms with Gasteiger partial charge in [0.1, 0.15) is 5.65 Å². The van der Waals surface area contributed by atoms with Gasteiger partial charge in [0.2, 0.25) is 0 Å². The Labute approximate surface area is 173 Å². The van der Waals surface area contributed by atoms with Gasteiger partial charge in [0.05, 0.1) is 0 Å². The number of aliphatic hydroxyl groups excluding tert-OH is 1. The maximum atomic E-state index is 12.1. The number of benzene rings is 2. The van der Waals surface area contributed by atoms with Gasteiger partial charge in [-0.25, -0.2) is 4.98 Å². The number of carbonyl (C=O) groups excluding carboxylic acids is 1. The number of amides is 1. The highest BCUT2D eigenvalue weighted by atomic mass is 35.5. The molecule has 0 aliphatic carbocycles. The van der Waals surface area contributed by atoms with Crippen molar-refractivity contribution >= 4 is 28.5 Å². The molecule has 0 saturated carbocycles. The first-order valence-corrected chi connectivity index (χ1v) is 9.54. The van der Waals surface area contributed by atoms with Crippen molar-refractivity contribution in [2.75, 3.05) is 14.1 Å². The van der Waals surface area contributed by atoms with E-state index in [1.54, 1.807) is 26.4 Å². The van der Waals surface area contributed by atoms with Gasteiger partial charge in [0.15, 0.2) is 6.10 Å². The molecule has 0 bridgehead atoms. The average molecular weight is 406 g/mol. The van der Waals surface area contributed by atoms with Crippen LogP contribution in [0, 0.1) is 0 Å². The summed E-state index contributed by atoms with van der Waals surface area (Å²) in [6, 6.07) is 17.1. The number of nitrogens with one attached hydrogen (secondary N) is 1. The Bertz CT molecular complexity index is 1180. The third-order valence-electron chi connectivity index (χ3n) is 4.90. The maximum Gasteiger partial charge on any atom is 0.255 e. The highest BCUT2D eigenvalue weighted by Gasteiger charge is 2.19. The van der Waals surface area contributed by atoms with E-state index < -0.39 is 6.10 Å². The largest absolute Gasteiger partial charge is 0.378 e. The smallest absolute Gasteiger partial charge is 0.255 e. The molecule has 1 unspecified atom stereocenters. The molecule has 0 saturated heterocycles. The number of pyridine rings is 1. The zero-order valence-electron chi connectivity index (χ0n) is 16.1. The van der Waals surface area contributed by atoms with Crippen molar-refractivity contribution in [1.29, 1.82) is 0 Å². The summed E-state index contributed by atoms with van der Waals surface area (Å²) in [5.41, 5.74) is 5.20. The van der Waals surface area contributed by atoms with E-state index in [9.17, 15) is 9.90 Å². The van der Waals surface area contributed by atoms with Crippen LogP contribution >= 0.6 is 11.6 Å². The molecule has 146 valence electrons. The Kier molecular flexibility index (Phi) is 5.09. The second kappa shape index (κ2) is 7.70. The summed E-state index contributed by atoms with van der Waals surface area (Å²) in [6.07, 6.45) is 2.52. The fraction of sp³-hybridized carbons (Fsp3) is 0.130. The molecule has 1 amide bonds. The fourth-order valence-electron chi connectivity index (χ4n) is 3.30. The number of aromatic nitrogens is 2. The lowest BCUT2D eigenvalue weighted by Gasteiger charge is -2.16. The predicted molar refractivity (Wildman–Crippen MR) is 116 cm³/mol.